The van der Waals surface area contributed by atoms with Crippen LogP contribution in [0.2, 0.25) is 0 Å². The Hall–Kier alpha value is -0.910. The summed E-state index contributed by atoms with van der Waals surface area (Å²) in [7, 11) is 0. The number of rotatable bonds is 4. The standard InChI is InChI=1S/C15H17BrN2OS/c1-9-8-20-15(18-9)10(2)17-7-12-6-13(16)5-11-3-4-19-14(11)12/h5-6,8,10,17H,3-4,7H2,1-2H3. The Morgan fingerprint density at radius 3 is 3.10 bits per heavy atom. The molecule has 2 heterocycles. The van der Waals surface area contributed by atoms with Gasteiger partial charge in [-0.25, -0.2) is 4.98 Å². The first-order valence-corrected chi connectivity index (χ1v) is 8.40. The van der Waals surface area contributed by atoms with Gasteiger partial charge in [0.25, 0.3) is 0 Å². The summed E-state index contributed by atoms with van der Waals surface area (Å²) in [5.41, 5.74) is 3.60. The molecule has 5 heteroatoms. The van der Waals surface area contributed by atoms with Crippen molar-refractivity contribution in [3.05, 3.63) is 43.8 Å². The number of benzene rings is 1. The maximum absolute atomic E-state index is 5.75. The molecule has 20 heavy (non-hydrogen) atoms. The van der Waals surface area contributed by atoms with Crippen molar-refractivity contribution >= 4 is 27.3 Å². The van der Waals surface area contributed by atoms with Gasteiger partial charge in [-0.15, -0.1) is 11.3 Å². The SMILES string of the molecule is Cc1csc(C(C)NCc2cc(Br)cc3c2OCC3)n1. The van der Waals surface area contributed by atoms with Crippen molar-refractivity contribution in [2.24, 2.45) is 0 Å². The zero-order valence-corrected chi connectivity index (χ0v) is 14.0. The summed E-state index contributed by atoms with van der Waals surface area (Å²) in [6.07, 6.45) is 1.00. The van der Waals surface area contributed by atoms with Crippen molar-refractivity contribution in [3.63, 3.8) is 0 Å². The molecule has 3 nitrogen and oxygen atoms in total. The van der Waals surface area contributed by atoms with Crippen molar-refractivity contribution in [2.75, 3.05) is 6.61 Å². The fourth-order valence-electron chi connectivity index (χ4n) is 2.40. The number of ether oxygens (including phenoxy) is 1. The van der Waals surface area contributed by atoms with E-state index in [0.29, 0.717) is 0 Å². The van der Waals surface area contributed by atoms with Gasteiger partial charge in [-0.2, -0.15) is 0 Å². The number of hydrogen-bond donors (Lipinski definition) is 1. The number of aromatic nitrogens is 1. The summed E-state index contributed by atoms with van der Waals surface area (Å²) in [5, 5.41) is 6.76. The summed E-state index contributed by atoms with van der Waals surface area (Å²) in [5.74, 6) is 1.06. The highest BCUT2D eigenvalue weighted by Crippen LogP contribution is 2.33. The second-order valence-electron chi connectivity index (χ2n) is 5.08. The number of aryl methyl sites for hydroxylation is 1. The highest BCUT2D eigenvalue weighted by atomic mass is 79.9. The molecular formula is C15H17BrN2OS. The van der Waals surface area contributed by atoms with Crippen molar-refractivity contribution in [2.45, 2.75) is 32.9 Å². The second-order valence-corrected chi connectivity index (χ2v) is 6.89. The quantitative estimate of drug-likeness (QED) is 0.902. The molecule has 0 saturated carbocycles. The first-order chi connectivity index (χ1) is 9.63. The van der Waals surface area contributed by atoms with Crippen LogP contribution in [-0.2, 0) is 13.0 Å². The van der Waals surface area contributed by atoms with Gasteiger partial charge in [0.05, 0.1) is 12.6 Å². The largest absolute Gasteiger partial charge is 0.493 e. The van der Waals surface area contributed by atoms with E-state index in [9.17, 15) is 0 Å². The Kier molecular flexibility index (Phi) is 4.10. The maximum atomic E-state index is 5.75. The van der Waals surface area contributed by atoms with Gasteiger partial charge in [-0.3, -0.25) is 0 Å². The minimum absolute atomic E-state index is 0.254. The number of fused-ring (bicyclic) bond motifs is 1. The van der Waals surface area contributed by atoms with Crippen molar-refractivity contribution < 1.29 is 4.74 Å². The van der Waals surface area contributed by atoms with Crippen LogP contribution < -0.4 is 10.1 Å². The molecule has 0 aliphatic carbocycles. The summed E-state index contributed by atoms with van der Waals surface area (Å²) >= 11 is 5.28. The predicted octanol–water partition coefficient (Wildman–Crippen LogP) is 4.00. The molecule has 1 aliphatic heterocycles. The normalized spacial score (nSPS) is 14.9. The van der Waals surface area contributed by atoms with E-state index in [0.717, 1.165) is 40.5 Å². The van der Waals surface area contributed by atoms with Gasteiger partial charge in [0, 0.05) is 34.1 Å². The summed E-state index contributed by atoms with van der Waals surface area (Å²) in [6.45, 7) is 5.76. The monoisotopic (exact) mass is 352 g/mol. The molecule has 1 aromatic heterocycles. The van der Waals surface area contributed by atoms with Gasteiger partial charge >= 0.3 is 0 Å². The molecule has 0 fully saturated rings. The van der Waals surface area contributed by atoms with Gasteiger partial charge in [-0.05, 0) is 31.5 Å². The summed E-state index contributed by atoms with van der Waals surface area (Å²) in [6, 6.07) is 4.54. The molecule has 1 unspecified atom stereocenters. The zero-order chi connectivity index (χ0) is 14.1. The van der Waals surface area contributed by atoms with Crippen LogP contribution in [0.5, 0.6) is 5.75 Å². The minimum atomic E-state index is 0.254. The maximum Gasteiger partial charge on any atom is 0.127 e. The fourth-order valence-corrected chi connectivity index (χ4v) is 3.78. The van der Waals surface area contributed by atoms with Crippen LogP contribution in [0.25, 0.3) is 0 Å². The smallest absolute Gasteiger partial charge is 0.127 e. The number of halogens is 1. The van der Waals surface area contributed by atoms with E-state index in [1.165, 1.54) is 11.1 Å². The van der Waals surface area contributed by atoms with Gasteiger partial charge in [-0.1, -0.05) is 15.9 Å². The molecule has 1 aliphatic rings. The Balaban J connectivity index is 1.73. The molecule has 0 amide bonds. The molecule has 1 aromatic carbocycles. The molecule has 1 atom stereocenters. The van der Waals surface area contributed by atoms with Crippen LogP contribution in [0.1, 0.15) is 34.8 Å². The Labute approximate surface area is 131 Å². The molecule has 106 valence electrons. The number of nitrogens with one attached hydrogen (secondary N) is 1. The third-order valence-electron chi connectivity index (χ3n) is 3.43. The number of nitrogens with zero attached hydrogens (tertiary/aromatic N) is 1. The Morgan fingerprint density at radius 1 is 1.50 bits per heavy atom. The average Bonchev–Trinajstić information content (AvgIpc) is 3.03. The molecule has 0 spiro atoms. The van der Waals surface area contributed by atoms with Gasteiger partial charge in [0.15, 0.2) is 0 Å². The number of hydrogen-bond acceptors (Lipinski definition) is 4. The van der Waals surface area contributed by atoms with E-state index < -0.39 is 0 Å². The molecule has 2 aromatic rings. The summed E-state index contributed by atoms with van der Waals surface area (Å²) < 4.78 is 6.87. The van der Waals surface area contributed by atoms with Gasteiger partial charge < -0.3 is 10.1 Å². The highest BCUT2D eigenvalue weighted by molar-refractivity contribution is 9.10. The van der Waals surface area contributed by atoms with Crippen LogP contribution in [0.15, 0.2) is 22.0 Å². The molecule has 0 bridgehead atoms. The lowest BCUT2D eigenvalue weighted by atomic mass is 10.1. The van der Waals surface area contributed by atoms with Crippen LogP contribution in [-0.4, -0.2) is 11.6 Å². The van der Waals surface area contributed by atoms with Crippen LogP contribution >= 0.6 is 27.3 Å². The molecule has 3 rings (SSSR count). The number of thiazole rings is 1. The van der Waals surface area contributed by atoms with E-state index in [1.807, 2.05) is 6.92 Å². The third kappa shape index (κ3) is 2.90. The lowest BCUT2D eigenvalue weighted by Gasteiger charge is -2.14. The predicted molar refractivity (Wildman–Crippen MR) is 85.4 cm³/mol. The lowest BCUT2D eigenvalue weighted by Crippen LogP contribution is -2.18. The van der Waals surface area contributed by atoms with Crippen molar-refractivity contribution in [1.29, 1.82) is 0 Å². The van der Waals surface area contributed by atoms with Crippen molar-refractivity contribution in [1.82, 2.24) is 10.3 Å². The van der Waals surface area contributed by atoms with Crippen LogP contribution in [0.4, 0.5) is 0 Å². The molecule has 0 radical (unpaired) electrons. The fraction of sp³-hybridized carbons (Fsp3) is 0.400. The van der Waals surface area contributed by atoms with E-state index >= 15 is 0 Å². The van der Waals surface area contributed by atoms with E-state index in [-0.39, 0.29) is 6.04 Å². The molecule has 0 saturated heterocycles. The van der Waals surface area contributed by atoms with Crippen LogP contribution in [0, 0.1) is 6.92 Å². The Morgan fingerprint density at radius 2 is 2.35 bits per heavy atom. The van der Waals surface area contributed by atoms with E-state index in [1.54, 1.807) is 11.3 Å². The minimum Gasteiger partial charge on any atom is -0.493 e. The Bertz CT molecular complexity index is 626. The molecular weight excluding hydrogens is 336 g/mol. The van der Waals surface area contributed by atoms with E-state index in [4.69, 9.17) is 4.74 Å². The van der Waals surface area contributed by atoms with Gasteiger partial charge in [0.1, 0.15) is 10.8 Å². The second kappa shape index (κ2) is 5.84. The molecule has 1 N–H and O–H groups in total. The van der Waals surface area contributed by atoms with Crippen LogP contribution in [0.3, 0.4) is 0 Å². The average molecular weight is 353 g/mol. The third-order valence-corrected chi connectivity index (χ3v) is 5.03. The van der Waals surface area contributed by atoms with Crippen molar-refractivity contribution in [3.8, 4) is 5.75 Å². The topological polar surface area (TPSA) is 34.1 Å². The first-order valence-electron chi connectivity index (χ1n) is 6.73. The highest BCUT2D eigenvalue weighted by Gasteiger charge is 2.18. The van der Waals surface area contributed by atoms with E-state index in [2.05, 4.69) is 50.7 Å². The zero-order valence-electron chi connectivity index (χ0n) is 11.6. The lowest BCUT2D eigenvalue weighted by molar-refractivity contribution is 0.351. The first kappa shape index (κ1) is 14.0. The summed E-state index contributed by atoms with van der Waals surface area (Å²) in [4.78, 5) is 4.53. The van der Waals surface area contributed by atoms with Gasteiger partial charge in [0.2, 0.25) is 0 Å².